The number of allylic oxidation sites excluding steroid dienone is 2. The predicted octanol–water partition coefficient (Wildman–Crippen LogP) is 2.00. The van der Waals surface area contributed by atoms with Gasteiger partial charge in [0.2, 0.25) is 5.78 Å². The normalized spacial score (nSPS) is 27.9. The van der Waals surface area contributed by atoms with Crippen LogP contribution < -0.4 is 0 Å². The van der Waals surface area contributed by atoms with Gasteiger partial charge in [-0.2, -0.15) is 17.6 Å². The molecule has 2 rings (SSSR count). The van der Waals surface area contributed by atoms with Crippen LogP contribution in [0.3, 0.4) is 0 Å². The molecule has 2 aliphatic rings. The van der Waals surface area contributed by atoms with Crippen molar-refractivity contribution in [2.24, 2.45) is 4.99 Å². The number of carbonyl (C=O) groups is 1. The second kappa shape index (κ2) is 2.90. The first-order valence-corrected chi connectivity index (χ1v) is 4.43. The van der Waals surface area contributed by atoms with Crippen molar-refractivity contribution in [3.05, 3.63) is 11.6 Å². The van der Waals surface area contributed by atoms with Crippen LogP contribution in [0.5, 0.6) is 0 Å². The van der Waals surface area contributed by atoms with Gasteiger partial charge in [-0.25, -0.2) is 0 Å². The van der Waals surface area contributed by atoms with Gasteiger partial charge in [-0.1, -0.05) is 0 Å². The molecule has 0 fully saturated rings. The van der Waals surface area contributed by atoms with Gasteiger partial charge in [-0.3, -0.25) is 9.79 Å². The number of hydrogen-bond donors (Lipinski definition) is 0. The summed E-state index contributed by atoms with van der Waals surface area (Å²) < 4.78 is 51.2. The highest BCUT2D eigenvalue weighted by Crippen LogP contribution is 2.44. The summed E-state index contributed by atoms with van der Waals surface area (Å²) in [6.07, 6.45) is 0.959. The highest BCUT2D eigenvalue weighted by molar-refractivity contribution is 6.27. The van der Waals surface area contributed by atoms with E-state index in [4.69, 9.17) is 0 Å². The molecule has 0 atom stereocenters. The zero-order valence-corrected chi connectivity index (χ0v) is 7.57. The van der Waals surface area contributed by atoms with Crippen molar-refractivity contribution in [1.82, 2.24) is 0 Å². The van der Waals surface area contributed by atoms with Crippen molar-refractivity contribution >= 4 is 11.5 Å². The number of hydrogen-bond acceptors (Lipinski definition) is 2. The van der Waals surface area contributed by atoms with Gasteiger partial charge < -0.3 is 0 Å². The Morgan fingerprint density at radius 3 is 2.33 bits per heavy atom. The third-order valence-electron chi connectivity index (χ3n) is 2.46. The molecule has 0 saturated carbocycles. The van der Waals surface area contributed by atoms with Crippen molar-refractivity contribution in [2.45, 2.75) is 24.7 Å². The van der Waals surface area contributed by atoms with Gasteiger partial charge in [0.15, 0.2) is 0 Å². The molecular weight excluding hydrogens is 214 g/mol. The molecule has 0 aromatic rings. The SMILES string of the molecule is O=C1C(C2=NCCC2)=CC(F)(F)C1(F)F. The third-order valence-corrected chi connectivity index (χ3v) is 2.46. The minimum absolute atomic E-state index is 0.0412. The van der Waals surface area contributed by atoms with Crippen LogP contribution in [0.2, 0.25) is 0 Å². The van der Waals surface area contributed by atoms with Crippen molar-refractivity contribution in [1.29, 1.82) is 0 Å². The Morgan fingerprint density at radius 2 is 1.93 bits per heavy atom. The molecule has 0 radical (unpaired) electrons. The molecular formula is C9H7F4NO. The predicted molar refractivity (Wildman–Crippen MR) is 44.5 cm³/mol. The molecule has 1 aliphatic carbocycles. The Balaban J connectivity index is 2.40. The maximum absolute atomic E-state index is 12.8. The summed E-state index contributed by atoms with van der Waals surface area (Å²) >= 11 is 0. The summed E-state index contributed by atoms with van der Waals surface area (Å²) in [4.78, 5) is 14.8. The lowest BCUT2D eigenvalue weighted by molar-refractivity contribution is -0.179. The average Bonchev–Trinajstić information content (AvgIpc) is 2.69. The minimum Gasteiger partial charge on any atom is -0.289 e. The van der Waals surface area contributed by atoms with Crippen LogP contribution in [0.15, 0.2) is 16.6 Å². The summed E-state index contributed by atoms with van der Waals surface area (Å²) in [5.74, 6) is -10.8. The number of rotatable bonds is 1. The largest absolute Gasteiger partial charge is 0.375 e. The molecule has 1 heterocycles. The number of aliphatic imine (C=N–C) groups is 1. The van der Waals surface area contributed by atoms with Gasteiger partial charge in [0.25, 0.3) is 0 Å². The molecule has 0 aromatic heterocycles. The lowest BCUT2D eigenvalue weighted by Crippen LogP contribution is -2.41. The summed E-state index contributed by atoms with van der Waals surface area (Å²) in [7, 11) is 0. The minimum atomic E-state index is -4.62. The van der Waals surface area contributed by atoms with E-state index in [0.717, 1.165) is 0 Å². The van der Waals surface area contributed by atoms with E-state index in [2.05, 4.69) is 4.99 Å². The number of alkyl halides is 4. The Morgan fingerprint density at radius 1 is 1.27 bits per heavy atom. The molecule has 0 unspecified atom stereocenters. The van der Waals surface area contributed by atoms with Gasteiger partial charge in [0, 0.05) is 23.9 Å². The Kier molecular flexibility index (Phi) is 1.99. The van der Waals surface area contributed by atoms with Crippen molar-refractivity contribution < 1.29 is 22.4 Å². The van der Waals surface area contributed by atoms with E-state index in [1.54, 1.807) is 0 Å². The third kappa shape index (κ3) is 1.31. The summed E-state index contributed by atoms with van der Waals surface area (Å²) in [6.45, 7) is 0.400. The van der Waals surface area contributed by atoms with Crippen LogP contribution in [0, 0.1) is 0 Å². The molecule has 0 N–H and O–H groups in total. The van der Waals surface area contributed by atoms with E-state index in [1.165, 1.54) is 0 Å². The molecule has 0 aromatic carbocycles. The van der Waals surface area contributed by atoms with E-state index in [-0.39, 0.29) is 11.8 Å². The van der Waals surface area contributed by atoms with Crippen molar-refractivity contribution in [3.63, 3.8) is 0 Å². The highest BCUT2D eigenvalue weighted by atomic mass is 19.3. The van der Waals surface area contributed by atoms with E-state index < -0.39 is 23.2 Å². The monoisotopic (exact) mass is 221 g/mol. The number of Topliss-reactive ketones (excluding diaryl/α,β-unsaturated/α-hetero) is 1. The average molecular weight is 221 g/mol. The second-order valence-corrected chi connectivity index (χ2v) is 3.52. The summed E-state index contributed by atoms with van der Waals surface area (Å²) in [6, 6.07) is 0. The zero-order chi connectivity index (χ0) is 11.3. The fraction of sp³-hybridized carbons (Fsp3) is 0.556. The van der Waals surface area contributed by atoms with Crippen LogP contribution in [0.1, 0.15) is 12.8 Å². The first kappa shape index (κ1) is 10.3. The standard InChI is InChI=1S/C9H7F4NO/c10-8(11)4-5(6-2-1-3-14-6)7(15)9(8,12)13/h4H,1-3H2. The lowest BCUT2D eigenvalue weighted by Gasteiger charge is -2.15. The molecule has 15 heavy (non-hydrogen) atoms. The highest BCUT2D eigenvalue weighted by Gasteiger charge is 2.66. The molecule has 82 valence electrons. The molecule has 0 bridgehead atoms. The molecule has 0 saturated heterocycles. The fourth-order valence-electron chi connectivity index (χ4n) is 1.63. The summed E-state index contributed by atoms with van der Waals surface area (Å²) in [5.41, 5.74) is -0.528. The van der Waals surface area contributed by atoms with Crippen LogP contribution in [0.4, 0.5) is 17.6 Å². The maximum Gasteiger partial charge on any atom is 0.375 e. The van der Waals surface area contributed by atoms with Crippen LogP contribution in [-0.2, 0) is 4.79 Å². The molecule has 1 aliphatic heterocycles. The molecule has 0 amide bonds. The van der Waals surface area contributed by atoms with Gasteiger partial charge in [0.1, 0.15) is 0 Å². The van der Waals surface area contributed by atoms with Crippen LogP contribution in [0.25, 0.3) is 0 Å². The Hall–Kier alpha value is -1.20. The van der Waals surface area contributed by atoms with Crippen LogP contribution in [-0.4, -0.2) is 29.9 Å². The smallest absolute Gasteiger partial charge is 0.289 e. The quantitative estimate of drug-likeness (QED) is 0.622. The maximum atomic E-state index is 12.8. The Bertz CT molecular complexity index is 384. The van der Waals surface area contributed by atoms with Gasteiger partial charge >= 0.3 is 11.8 Å². The van der Waals surface area contributed by atoms with E-state index in [0.29, 0.717) is 19.4 Å². The number of halogens is 4. The Labute approximate surface area is 82.7 Å². The number of ketones is 1. The molecule has 2 nitrogen and oxygen atoms in total. The van der Waals surface area contributed by atoms with Gasteiger partial charge in [0.05, 0.1) is 0 Å². The van der Waals surface area contributed by atoms with E-state index in [9.17, 15) is 22.4 Å². The number of carbonyl (C=O) groups excluding carboxylic acids is 1. The van der Waals surface area contributed by atoms with Gasteiger partial charge in [-0.05, 0) is 12.8 Å². The topological polar surface area (TPSA) is 29.4 Å². The van der Waals surface area contributed by atoms with Crippen LogP contribution >= 0.6 is 0 Å². The van der Waals surface area contributed by atoms with E-state index in [1.807, 2.05) is 0 Å². The first-order valence-electron chi connectivity index (χ1n) is 4.43. The fourth-order valence-corrected chi connectivity index (χ4v) is 1.63. The van der Waals surface area contributed by atoms with E-state index >= 15 is 0 Å². The number of nitrogens with zero attached hydrogens (tertiary/aromatic N) is 1. The van der Waals surface area contributed by atoms with Crippen molar-refractivity contribution in [3.8, 4) is 0 Å². The summed E-state index contributed by atoms with van der Waals surface area (Å²) in [5, 5.41) is 0. The first-order chi connectivity index (χ1) is 6.86. The van der Waals surface area contributed by atoms with Crippen molar-refractivity contribution in [2.75, 3.05) is 6.54 Å². The second-order valence-electron chi connectivity index (χ2n) is 3.52. The lowest BCUT2D eigenvalue weighted by atomic mass is 10.1. The zero-order valence-electron chi connectivity index (χ0n) is 7.57. The molecule has 0 spiro atoms. The van der Waals surface area contributed by atoms with Gasteiger partial charge in [-0.15, -0.1) is 0 Å². The molecule has 6 heteroatoms.